The van der Waals surface area contributed by atoms with E-state index in [0.29, 0.717) is 17.1 Å². The topological polar surface area (TPSA) is 68.0 Å². The molecule has 20 heavy (non-hydrogen) atoms. The van der Waals surface area contributed by atoms with E-state index in [1.807, 2.05) is 25.1 Å². The lowest BCUT2D eigenvalue weighted by Gasteiger charge is -2.02. The van der Waals surface area contributed by atoms with Gasteiger partial charge in [0.2, 0.25) is 0 Å². The fraction of sp³-hybridized carbons (Fsp3) is 0.143. The van der Waals surface area contributed by atoms with Gasteiger partial charge in [0.15, 0.2) is 0 Å². The van der Waals surface area contributed by atoms with E-state index in [9.17, 15) is 4.79 Å². The van der Waals surface area contributed by atoms with Crippen molar-refractivity contribution < 1.29 is 4.79 Å². The molecule has 0 spiro atoms. The molecule has 0 radical (unpaired) electrons. The molecular formula is C14H13N3OS2. The zero-order valence-corrected chi connectivity index (χ0v) is 12.5. The van der Waals surface area contributed by atoms with E-state index in [1.165, 1.54) is 16.2 Å². The number of fused-ring (bicyclic) bond motifs is 1. The van der Waals surface area contributed by atoms with E-state index in [1.54, 1.807) is 23.7 Å². The molecular weight excluding hydrogens is 290 g/mol. The van der Waals surface area contributed by atoms with Gasteiger partial charge in [-0.2, -0.15) is 0 Å². The van der Waals surface area contributed by atoms with Gasteiger partial charge >= 0.3 is 0 Å². The summed E-state index contributed by atoms with van der Waals surface area (Å²) in [5.74, 6) is -0.130. The normalized spacial score (nSPS) is 10.8. The van der Waals surface area contributed by atoms with E-state index >= 15 is 0 Å². The molecule has 3 heterocycles. The molecule has 102 valence electrons. The second-order valence-corrected chi connectivity index (χ2v) is 6.84. The molecule has 0 aromatic carbocycles. The van der Waals surface area contributed by atoms with Gasteiger partial charge in [-0.15, -0.1) is 22.7 Å². The van der Waals surface area contributed by atoms with E-state index < -0.39 is 0 Å². The quantitative estimate of drug-likeness (QED) is 0.781. The average Bonchev–Trinajstić information content (AvgIpc) is 3.01. The number of aromatic nitrogens is 1. The highest BCUT2D eigenvalue weighted by molar-refractivity contribution is 7.21. The Morgan fingerprint density at radius 3 is 2.90 bits per heavy atom. The Balaban J connectivity index is 1.80. The lowest BCUT2D eigenvalue weighted by molar-refractivity contribution is 0.0956. The van der Waals surface area contributed by atoms with Gasteiger partial charge in [-0.3, -0.25) is 9.78 Å². The first-order chi connectivity index (χ1) is 9.65. The second-order valence-electron chi connectivity index (χ2n) is 4.41. The summed E-state index contributed by atoms with van der Waals surface area (Å²) in [5.41, 5.74) is 6.57. The largest absolute Gasteiger partial charge is 0.397 e. The van der Waals surface area contributed by atoms with E-state index in [0.717, 1.165) is 15.0 Å². The molecule has 3 N–H and O–H groups in total. The van der Waals surface area contributed by atoms with Crippen LogP contribution in [0.25, 0.3) is 10.1 Å². The van der Waals surface area contributed by atoms with Crippen LogP contribution in [0, 0.1) is 6.92 Å². The summed E-state index contributed by atoms with van der Waals surface area (Å²) in [6, 6.07) is 5.91. The van der Waals surface area contributed by atoms with Crippen LogP contribution in [0.3, 0.4) is 0 Å². The number of nitrogens with one attached hydrogen (secondary N) is 1. The summed E-state index contributed by atoms with van der Waals surface area (Å²) >= 11 is 3.06. The fourth-order valence-corrected chi connectivity index (χ4v) is 3.80. The van der Waals surface area contributed by atoms with Gasteiger partial charge in [0.25, 0.3) is 5.91 Å². The minimum atomic E-state index is -0.130. The van der Waals surface area contributed by atoms with Crippen LogP contribution in [-0.4, -0.2) is 10.9 Å². The number of amides is 1. The Morgan fingerprint density at radius 2 is 2.20 bits per heavy atom. The molecule has 0 saturated heterocycles. The van der Waals surface area contributed by atoms with Gasteiger partial charge in [-0.05, 0) is 25.1 Å². The van der Waals surface area contributed by atoms with Crippen LogP contribution in [0.5, 0.6) is 0 Å². The minimum absolute atomic E-state index is 0.130. The van der Waals surface area contributed by atoms with Crippen LogP contribution in [0.1, 0.15) is 19.4 Å². The number of anilines is 1. The highest BCUT2D eigenvalue weighted by Crippen LogP contribution is 2.32. The van der Waals surface area contributed by atoms with Gasteiger partial charge < -0.3 is 11.1 Å². The summed E-state index contributed by atoms with van der Waals surface area (Å²) in [6.45, 7) is 2.58. The lowest BCUT2D eigenvalue weighted by Crippen LogP contribution is -2.22. The molecule has 0 fully saturated rings. The molecule has 3 aromatic heterocycles. The predicted molar refractivity (Wildman–Crippen MR) is 84.3 cm³/mol. The van der Waals surface area contributed by atoms with Crippen molar-refractivity contribution in [3.05, 3.63) is 45.2 Å². The summed E-state index contributed by atoms with van der Waals surface area (Å²) in [7, 11) is 0. The van der Waals surface area contributed by atoms with Gasteiger partial charge in [0.1, 0.15) is 4.88 Å². The number of pyridine rings is 1. The van der Waals surface area contributed by atoms with Crippen molar-refractivity contribution in [2.75, 3.05) is 5.73 Å². The first kappa shape index (κ1) is 13.1. The Morgan fingerprint density at radius 1 is 1.35 bits per heavy atom. The molecule has 3 aromatic rings. The number of hydrogen-bond acceptors (Lipinski definition) is 5. The lowest BCUT2D eigenvalue weighted by atomic mass is 10.2. The summed E-state index contributed by atoms with van der Waals surface area (Å²) < 4.78 is 0.933. The molecule has 0 aliphatic heterocycles. The third kappa shape index (κ3) is 2.39. The van der Waals surface area contributed by atoms with Gasteiger partial charge in [-0.25, -0.2) is 0 Å². The van der Waals surface area contributed by atoms with Crippen LogP contribution in [0.4, 0.5) is 5.69 Å². The number of carbonyl (C=O) groups is 1. The van der Waals surface area contributed by atoms with Crippen LogP contribution < -0.4 is 11.1 Å². The third-order valence-electron chi connectivity index (χ3n) is 2.96. The Hall–Kier alpha value is -1.92. The van der Waals surface area contributed by atoms with E-state index in [-0.39, 0.29) is 5.91 Å². The van der Waals surface area contributed by atoms with Gasteiger partial charge in [0, 0.05) is 27.5 Å². The SMILES string of the molecule is Cc1ccc(CNC(=O)c2sc3cnccc3c2N)s1. The third-order valence-corrected chi connectivity index (χ3v) is 5.11. The Bertz CT molecular complexity index is 776. The zero-order valence-electron chi connectivity index (χ0n) is 10.8. The highest BCUT2D eigenvalue weighted by atomic mass is 32.1. The van der Waals surface area contributed by atoms with Crippen molar-refractivity contribution in [3.8, 4) is 0 Å². The van der Waals surface area contributed by atoms with Crippen molar-refractivity contribution in [1.82, 2.24) is 10.3 Å². The number of rotatable bonds is 3. The maximum absolute atomic E-state index is 12.2. The molecule has 0 aliphatic rings. The summed E-state index contributed by atoms with van der Waals surface area (Å²) in [5, 5.41) is 3.80. The van der Waals surface area contributed by atoms with Crippen molar-refractivity contribution >= 4 is 44.4 Å². The van der Waals surface area contributed by atoms with Crippen LogP contribution in [-0.2, 0) is 6.54 Å². The molecule has 0 atom stereocenters. The van der Waals surface area contributed by atoms with E-state index in [2.05, 4.69) is 10.3 Å². The zero-order chi connectivity index (χ0) is 14.1. The number of hydrogen-bond donors (Lipinski definition) is 2. The fourth-order valence-electron chi connectivity index (χ4n) is 1.97. The first-order valence-corrected chi connectivity index (χ1v) is 7.74. The number of aryl methyl sites for hydroxylation is 1. The molecule has 0 unspecified atom stereocenters. The van der Waals surface area contributed by atoms with Crippen molar-refractivity contribution in [2.45, 2.75) is 13.5 Å². The number of nitrogens with two attached hydrogens (primary N) is 1. The standard InChI is InChI=1S/C14H13N3OS2/c1-8-2-3-9(19-8)6-17-14(18)13-12(15)10-4-5-16-7-11(10)20-13/h2-5,7H,6,15H2,1H3,(H,17,18). The molecule has 6 heteroatoms. The van der Waals surface area contributed by atoms with Crippen LogP contribution in [0.15, 0.2) is 30.6 Å². The maximum atomic E-state index is 12.2. The van der Waals surface area contributed by atoms with Crippen LogP contribution >= 0.6 is 22.7 Å². The predicted octanol–water partition coefficient (Wildman–Crippen LogP) is 3.18. The second kappa shape index (κ2) is 5.22. The Kier molecular flexibility index (Phi) is 3.42. The van der Waals surface area contributed by atoms with Crippen molar-refractivity contribution in [3.63, 3.8) is 0 Å². The van der Waals surface area contributed by atoms with Crippen molar-refractivity contribution in [2.24, 2.45) is 0 Å². The van der Waals surface area contributed by atoms with Gasteiger partial charge in [-0.1, -0.05) is 0 Å². The molecule has 3 rings (SSSR count). The molecule has 4 nitrogen and oxygen atoms in total. The molecule has 0 saturated carbocycles. The number of nitrogen functional groups attached to an aromatic ring is 1. The number of thiophene rings is 2. The average molecular weight is 303 g/mol. The molecule has 0 bridgehead atoms. The Labute approximate surface area is 124 Å². The highest BCUT2D eigenvalue weighted by Gasteiger charge is 2.16. The number of nitrogens with zero attached hydrogens (tertiary/aromatic N) is 1. The van der Waals surface area contributed by atoms with Crippen LogP contribution in [0.2, 0.25) is 0 Å². The summed E-state index contributed by atoms with van der Waals surface area (Å²) in [6.07, 6.45) is 3.41. The molecule has 1 amide bonds. The monoisotopic (exact) mass is 303 g/mol. The summed E-state index contributed by atoms with van der Waals surface area (Å²) in [4.78, 5) is 19.2. The maximum Gasteiger partial charge on any atom is 0.263 e. The minimum Gasteiger partial charge on any atom is -0.397 e. The van der Waals surface area contributed by atoms with Crippen molar-refractivity contribution in [1.29, 1.82) is 0 Å². The smallest absolute Gasteiger partial charge is 0.263 e. The molecule has 0 aliphatic carbocycles. The van der Waals surface area contributed by atoms with E-state index in [4.69, 9.17) is 5.73 Å². The number of carbonyl (C=O) groups excluding carboxylic acids is 1. The van der Waals surface area contributed by atoms with Gasteiger partial charge in [0.05, 0.1) is 16.9 Å². The first-order valence-electron chi connectivity index (χ1n) is 6.10.